The van der Waals surface area contributed by atoms with Crippen LogP contribution in [0.5, 0.6) is 0 Å². The molecule has 1 aromatic rings. The van der Waals surface area contributed by atoms with Crippen LogP contribution in [0.3, 0.4) is 0 Å². The Hall–Kier alpha value is -1.92. The minimum atomic E-state index is -1.27. The normalized spacial score (nSPS) is 24.7. The van der Waals surface area contributed by atoms with Crippen molar-refractivity contribution < 1.29 is 23.8 Å². The van der Waals surface area contributed by atoms with Gasteiger partial charge in [-0.25, -0.2) is 4.79 Å². The van der Waals surface area contributed by atoms with Crippen molar-refractivity contribution in [1.82, 2.24) is 0 Å². The van der Waals surface area contributed by atoms with Gasteiger partial charge in [0.1, 0.15) is 6.61 Å². The van der Waals surface area contributed by atoms with Crippen molar-refractivity contribution in [1.29, 1.82) is 0 Å². The summed E-state index contributed by atoms with van der Waals surface area (Å²) in [5.41, 5.74) is 5.02. The zero-order valence-electron chi connectivity index (χ0n) is 17.9. The largest absolute Gasteiger partial charge is 0.465 e. The number of aryl methyl sites for hydroxylation is 2. The number of carbonyl (C=O) groups is 1. The molecule has 0 saturated carbocycles. The zero-order valence-corrected chi connectivity index (χ0v) is 17.9. The second kappa shape index (κ2) is 10.2. The molecular weight excluding hydrogens is 370 g/mol. The number of oxime groups is 1. The minimum Gasteiger partial charge on any atom is -0.465 e. The Morgan fingerprint density at radius 3 is 2.62 bits per heavy atom. The van der Waals surface area contributed by atoms with Gasteiger partial charge in [-0.2, -0.15) is 0 Å². The molecule has 1 saturated heterocycles. The van der Waals surface area contributed by atoms with E-state index in [1.165, 1.54) is 43.9 Å². The standard InChI is InChI=1S/C23H33NO5/c1-17(20-12-11-19-9-4-5-10-21(19)14-20)24-29-13-7-6-8-18-15-27-23(2,28-16-18)22(25)26-3/h11-12,14,18H,4-10,13,15-16H2,1-3H3. The fourth-order valence-electron chi connectivity index (χ4n) is 3.87. The molecule has 1 heterocycles. The minimum absolute atomic E-state index is 0.286. The number of benzene rings is 1. The van der Waals surface area contributed by atoms with Crippen LogP contribution in [-0.2, 0) is 36.7 Å². The third-order valence-electron chi connectivity index (χ3n) is 5.81. The van der Waals surface area contributed by atoms with E-state index in [0.29, 0.717) is 19.8 Å². The number of unbranched alkanes of at least 4 members (excludes halogenated alkanes) is 1. The second-order valence-corrected chi connectivity index (χ2v) is 8.12. The predicted octanol–water partition coefficient (Wildman–Crippen LogP) is 4.03. The SMILES string of the molecule is COC(=O)C1(C)OCC(CCCCON=C(C)c2ccc3c(c2)CCCC3)CO1. The first-order chi connectivity index (χ1) is 14.0. The average molecular weight is 404 g/mol. The van der Waals surface area contributed by atoms with Crippen LogP contribution in [0.2, 0.25) is 0 Å². The Morgan fingerprint density at radius 2 is 1.90 bits per heavy atom. The van der Waals surface area contributed by atoms with Gasteiger partial charge >= 0.3 is 5.97 Å². The lowest BCUT2D eigenvalue weighted by Gasteiger charge is -2.35. The van der Waals surface area contributed by atoms with E-state index < -0.39 is 11.8 Å². The summed E-state index contributed by atoms with van der Waals surface area (Å²) in [4.78, 5) is 17.2. The highest BCUT2D eigenvalue weighted by Gasteiger charge is 2.41. The van der Waals surface area contributed by atoms with Crippen molar-refractivity contribution >= 4 is 11.7 Å². The topological polar surface area (TPSA) is 66.4 Å². The molecule has 1 fully saturated rings. The maximum absolute atomic E-state index is 11.7. The van der Waals surface area contributed by atoms with Gasteiger partial charge in [-0.1, -0.05) is 17.3 Å². The van der Waals surface area contributed by atoms with E-state index in [-0.39, 0.29) is 5.92 Å². The molecule has 1 aliphatic heterocycles. The van der Waals surface area contributed by atoms with Crippen LogP contribution in [-0.4, -0.2) is 44.4 Å². The number of carbonyl (C=O) groups excluding carboxylic acids is 1. The number of esters is 1. The molecule has 1 aromatic carbocycles. The van der Waals surface area contributed by atoms with Crippen molar-refractivity contribution in [2.75, 3.05) is 26.9 Å². The monoisotopic (exact) mass is 403 g/mol. The quantitative estimate of drug-likeness (QED) is 0.284. The molecule has 160 valence electrons. The highest BCUT2D eigenvalue weighted by atomic mass is 16.7. The van der Waals surface area contributed by atoms with Gasteiger partial charge in [-0.3, -0.25) is 0 Å². The van der Waals surface area contributed by atoms with E-state index in [9.17, 15) is 4.79 Å². The van der Waals surface area contributed by atoms with E-state index in [1.54, 1.807) is 6.92 Å². The number of fused-ring (bicyclic) bond motifs is 1. The molecular formula is C23H33NO5. The van der Waals surface area contributed by atoms with E-state index in [1.807, 2.05) is 6.92 Å². The summed E-state index contributed by atoms with van der Waals surface area (Å²) in [5.74, 6) is -1.47. The predicted molar refractivity (Wildman–Crippen MR) is 111 cm³/mol. The summed E-state index contributed by atoms with van der Waals surface area (Å²) in [6, 6.07) is 6.65. The second-order valence-electron chi connectivity index (χ2n) is 8.12. The fourth-order valence-corrected chi connectivity index (χ4v) is 3.87. The molecule has 3 rings (SSSR count). The molecule has 0 atom stereocenters. The number of nitrogens with zero attached hydrogens (tertiary/aromatic N) is 1. The van der Waals surface area contributed by atoms with Gasteiger partial charge in [0.25, 0.3) is 5.79 Å². The summed E-state index contributed by atoms with van der Waals surface area (Å²) in [5, 5.41) is 4.29. The van der Waals surface area contributed by atoms with Gasteiger partial charge in [-0.05, 0) is 74.6 Å². The number of hydrogen-bond donors (Lipinski definition) is 0. The summed E-state index contributed by atoms with van der Waals surface area (Å²) in [6.07, 6.45) is 7.83. The first kappa shape index (κ1) is 21.8. The maximum atomic E-state index is 11.7. The first-order valence-electron chi connectivity index (χ1n) is 10.7. The van der Waals surface area contributed by atoms with Gasteiger partial charge in [0, 0.05) is 12.8 Å². The molecule has 1 aliphatic carbocycles. The van der Waals surface area contributed by atoms with Crippen molar-refractivity contribution in [2.24, 2.45) is 11.1 Å². The highest BCUT2D eigenvalue weighted by molar-refractivity contribution is 5.98. The number of hydrogen-bond acceptors (Lipinski definition) is 6. The molecule has 0 radical (unpaired) electrons. The van der Waals surface area contributed by atoms with Gasteiger partial charge in [0.2, 0.25) is 0 Å². The van der Waals surface area contributed by atoms with Gasteiger partial charge in [0.15, 0.2) is 0 Å². The van der Waals surface area contributed by atoms with Crippen molar-refractivity contribution in [3.8, 4) is 0 Å². The molecule has 6 nitrogen and oxygen atoms in total. The Bertz CT molecular complexity index is 722. The van der Waals surface area contributed by atoms with Gasteiger partial charge in [-0.15, -0.1) is 0 Å². The lowest BCUT2D eigenvalue weighted by atomic mass is 9.90. The number of methoxy groups -OCH3 is 1. The fraction of sp³-hybridized carbons (Fsp3) is 0.652. The molecule has 2 aliphatic rings. The number of rotatable bonds is 8. The van der Waals surface area contributed by atoms with Crippen LogP contribution in [0.1, 0.15) is 62.6 Å². The van der Waals surface area contributed by atoms with Crippen LogP contribution in [0.4, 0.5) is 0 Å². The van der Waals surface area contributed by atoms with E-state index >= 15 is 0 Å². The Morgan fingerprint density at radius 1 is 1.17 bits per heavy atom. The summed E-state index contributed by atoms with van der Waals surface area (Å²) in [6.45, 7) is 5.20. The van der Waals surface area contributed by atoms with Crippen LogP contribution in [0, 0.1) is 5.92 Å². The van der Waals surface area contributed by atoms with Crippen molar-refractivity contribution in [3.63, 3.8) is 0 Å². The average Bonchev–Trinajstić information content (AvgIpc) is 2.76. The molecule has 0 bridgehead atoms. The van der Waals surface area contributed by atoms with E-state index in [0.717, 1.165) is 30.5 Å². The Kier molecular flexibility index (Phi) is 7.67. The van der Waals surface area contributed by atoms with Crippen molar-refractivity contribution in [2.45, 2.75) is 64.6 Å². The maximum Gasteiger partial charge on any atom is 0.366 e. The molecule has 0 spiro atoms. The van der Waals surface area contributed by atoms with Gasteiger partial charge < -0.3 is 19.0 Å². The lowest BCUT2D eigenvalue weighted by molar-refractivity contribution is -0.272. The Labute approximate surface area is 173 Å². The van der Waals surface area contributed by atoms with Gasteiger partial charge in [0.05, 0.1) is 26.0 Å². The molecule has 0 N–H and O–H groups in total. The summed E-state index contributed by atoms with van der Waals surface area (Å²) in [7, 11) is 1.34. The summed E-state index contributed by atoms with van der Waals surface area (Å²) < 4.78 is 15.9. The number of ether oxygens (including phenoxy) is 3. The van der Waals surface area contributed by atoms with Crippen LogP contribution in [0.25, 0.3) is 0 Å². The third-order valence-corrected chi connectivity index (χ3v) is 5.81. The molecule has 29 heavy (non-hydrogen) atoms. The smallest absolute Gasteiger partial charge is 0.366 e. The molecule has 0 amide bonds. The first-order valence-corrected chi connectivity index (χ1v) is 10.7. The lowest BCUT2D eigenvalue weighted by Crippen LogP contribution is -2.48. The Balaban J connectivity index is 1.33. The molecule has 0 unspecified atom stereocenters. The van der Waals surface area contributed by atoms with E-state index in [4.69, 9.17) is 19.0 Å². The highest BCUT2D eigenvalue weighted by Crippen LogP contribution is 2.25. The van der Waals surface area contributed by atoms with E-state index in [2.05, 4.69) is 23.4 Å². The van der Waals surface area contributed by atoms with Crippen molar-refractivity contribution in [3.05, 3.63) is 34.9 Å². The van der Waals surface area contributed by atoms with Crippen LogP contribution >= 0.6 is 0 Å². The van der Waals surface area contributed by atoms with Crippen LogP contribution in [0.15, 0.2) is 23.4 Å². The van der Waals surface area contributed by atoms with Crippen LogP contribution < -0.4 is 0 Å². The molecule has 0 aromatic heterocycles. The third kappa shape index (κ3) is 5.80. The summed E-state index contributed by atoms with van der Waals surface area (Å²) >= 11 is 0. The molecule has 6 heteroatoms. The zero-order chi connectivity index (χ0) is 20.7.